The Balaban J connectivity index is 2.48. The molecule has 5 nitrogen and oxygen atoms in total. The Labute approximate surface area is 92.0 Å². The number of aliphatic hydroxyl groups excluding tert-OH is 1. The average molecular weight is 220 g/mol. The van der Waals surface area contributed by atoms with E-state index in [0.717, 1.165) is 11.0 Å². The van der Waals surface area contributed by atoms with Crippen LogP contribution in [-0.4, -0.2) is 25.7 Å². The van der Waals surface area contributed by atoms with Crippen LogP contribution in [0.5, 0.6) is 0 Å². The number of carboxylic acid groups (broad SMARTS) is 1. The van der Waals surface area contributed by atoms with Crippen molar-refractivity contribution in [2.45, 2.75) is 12.5 Å². The van der Waals surface area contributed by atoms with Crippen LogP contribution in [0.4, 0.5) is 0 Å². The number of aliphatic carboxylic acids is 1. The van der Waals surface area contributed by atoms with Gasteiger partial charge in [-0.2, -0.15) is 0 Å². The number of nitrogens with zero attached hydrogens (tertiary/aromatic N) is 2. The van der Waals surface area contributed by atoms with Crippen molar-refractivity contribution in [3.8, 4) is 0 Å². The average Bonchev–Trinajstić information content (AvgIpc) is 2.56. The van der Waals surface area contributed by atoms with Crippen LogP contribution >= 0.6 is 0 Å². The predicted molar refractivity (Wildman–Crippen MR) is 57.9 cm³/mol. The smallest absolute Gasteiger partial charge is 0.306 e. The number of hydrogen-bond donors (Lipinski definition) is 2. The number of hydrogen-bond acceptors (Lipinski definition) is 3. The van der Waals surface area contributed by atoms with E-state index in [2.05, 4.69) is 4.98 Å². The number of rotatable bonds is 3. The summed E-state index contributed by atoms with van der Waals surface area (Å²) in [7, 11) is 1.81. The van der Waals surface area contributed by atoms with Crippen LogP contribution in [0, 0.1) is 0 Å². The summed E-state index contributed by atoms with van der Waals surface area (Å²) in [5.74, 6) is -1.02. The Bertz CT molecular complexity index is 533. The highest BCUT2D eigenvalue weighted by atomic mass is 16.4. The molecule has 0 amide bonds. The summed E-state index contributed by atoms with van der Waals surface area (Å²) < 4.78 is 1.77. The summed E-state index contributed by atoms with van der Waals surface area (Å²) in [5.41, 5.74) is 1.34. The van der Waals surface area contributed by atoms with E-state index in [1.54, 1.807) is 23.0 Å². The Morgan fingerprint density at radius 3 is 3.06 bits per heavy atom. The largest absolute Gasteiger partial charge is 0.481 e. The van der Waals surface area contributed by atoms with Crippen LogP contribution in [0.2, 0.25) is 0 Å². The van der Waals surface area contributed by atoms with Crippen molar-refractivity contribution >= 4 is 17.0 Å². The molecule has 2 N–H and O–H groups in total. The molecule has 0 saturated carbocycles. The third-order valence-electron chi connectivity index (χ3n) is 2.49. The second kappa shape index (κ2) is 3.94. The van der Waals surface area contributed by atoms with E-state index in [-0.39, 0.29) is 6.42 Å². The third kappa shape index (κ3) is 1.77. The van der Waals surface area contributed by atoms with Crippen molar-refractivity contribution in [3.63, 3.8) is 0 Å². The van der Waals surface area contributed by atoms with E-state index in [1.165, 1.54) is 0 Å². The fourth-order valence-electron chi connectivity index (χ4n) is 1.78. The molecule has 2 heterocycles. The van der Waals surface area contributed by atoms with Crippen LogP contribution in [0.25, 0.3) is 11.0 Å². The van der Waals surface area contributed by atoms with E-state index >= 15 is 0 Å². The summed E-state index contributed by atoms with van der Waals surface area (Å²) >= 11 is 0. The maximum absolute atomic E-state index is 10.5. The van der Waals surface area contributed by atoms with Gasteiger partial charge in [0, 0.05) is 30.4 Å². The second-order valence-electron chi connectivity index (χ2n) is 3.68. The fraction of sp³-hybridized carbons (Fsp3) is 0.273. The SMILES string of the molecule is Cn1cc([C@H](O)CC(=O)O)c2cccnc21. The highest BCUT2D eigenvalue weighted by Gasteiger charge is 2.17. The van der Waals surface area contributed by atoms with Crippen molar-refractivity contribution in [1.29, 1.82) is 0 Å². The molecule has 0 bridgehead atoms. The maximum atomic E-state index is 10.5. The lowest BCUT2D eigenvalue weighted by molar-refractivity contribution is -0.139. The molecule has 2 aromatic rings. The first-order valence-corrected chi connectivity index (χ1v) is 4.89. The number of carboxylic acids is 1. The van der Waals surface area contributed by atoms with Crippen molar-refractivity contribution in [3.05, 3.63) is 30.1 Å². The lowest BCUT2D eigenvalue weighted by Gasteiger charge is -2.05. The number of aryl methyl sites for hydroxylation is 1. The molecule has 2 aromatic heterocycles. The molecule has 5 heteroatoms. The molecule has 0 aliphatic heterocycles. The molecule has 1 atom stereocenters. The van der Waals surface area contributed by atoms with Crippen LogP contribution in [0.1, 0.15) is 18.1 Å². The number of carbonyl (C=O) groups is 1. The molecule has 0 fully saturated rings. The van der Waals surface area contributed by atoms with Gasteiger partial charge in [-0.3, -0.25) is 4.79 Å². The molecule has 84 valence electrons. The van der Waals surface area contributed by atoms with Gasteiger partial charge in [-0.1, -0.05) is 0 Å². The number of pyridine rings is 1. The third-order valence-corrected chi connectivity index (χ3v) is 2.49. The first-order valence-electron chi connectivity index (χ1n) is 4.89. The van der Waals surface area contributed by atoms with Gasteiger partial charge in [-0.25, -0.2) is 4.98 Å². The molecule has 0 radical (unpaired) electrons. The lowest BCUT2D eigenvalue weighted by Crippen LogP contribution is -2.04. The zero-order chi connectivity index (χ0) is 11.7. The van der Waals surface area contributed by atoms with Gasteiger partial charge in [0.2, 0.25) is 0 Å². The molecule has 16 heavy (non-hydrogen) atoms. The molecular weight excluding hydrogens is 208 g/mol. The van der Waals surface area contributed by atoms with E-state index in [9.17, 15) is 9.90 Å². The molecule has 2 rings (SSSR count). The van der Waals surface area contributed by atoms with E-state index < -0.39 is 12.1 Å². The topological polar surface area (TPSA) is 75.4 Å². The van der Waals surface area contributed by atoms with Gasteiger partial charge in [0.05, 0.1) is 12.5 Å². The second-order valence-corrected chi connectivity index (χ2v) is 3.68. The van der Waals surface area contributed by atoms with E-state index in [1.807, 2.05) is 13.1 Å². The number of aliphatic hydroxyl groups is 1. The molecule has 0 aliphatic carbocycles. The first kappa shape index (κ1) is 10.6. The minimum Gasteiger partial charge on any atom is -0.481 e. The minimum absolute atomic E-state index is 0.298. The lowest BCUT2D eigenvalue weighted by atomic mass is 10.1. The molecule has 0 unspecified atom stereocenters. The Hall–Kier alpha value is -1.88. The van der Waals surface area contributed by atoms with Crippen LogP contribution < -0.4 is 0 Å². The van der Waals surface area contributed by atoms with Crippen LogP contribution in [0.3, 0.4) is 0 Å². The minimum atomic E-state index is -1.02. The molecule has 0 saturated heterocycles. The normalized spacial score (nSPS) is 12.9. The highest BCUT2D eigenvalue weighted by molar-refractivity contribution is 5.81. The maximum Gasteiger partial charge on any atom is 0.306 e. The summed E-state index contributed by atoms with van der Waals surface area (Å²) in [5, 5.41) is 19.2. The van der Waals surface area contributed by atoms with E-state index in [4.69, 9.17) is 5.11 Å². The van der Waals surface area contributed by atoms with E-state index in [0.29, 0.717) is 5.56 Å². The van der Waals surface area contributed by atoms with Crippen molar-refractivity contribution in [2.24, 2.45) is 7.05 Å². The van der Waals surface area contributed by atoms with Gasteiger partial charge in [0.25, 0.3) is 0 Å². The molecule has 0 spiro atoms. The van der Waals surface area contributed by atoms with Gasteiger partial charge in [-0.05, 0) is 12.1 Å². The Morgan fingerprint density at radius 1 is 1.62 bits per heavy atom. The highest BCUT2D eigenvalue weighted by Crippen LogP contribution is 2.26. The molecule has 0 aliphatic rings. The van der Waals surface area contributed by atoms with Gasteiger partial charge in [-0.15, -0.1) is 0 Å². The zero-order valence-corrected chi connectivity index (χ0v) is 8.79. The summed E-state index contributed by atoms with van der Waals surface area (Å²) in [6.07, 6.45) is 2.08. The number of fused-ring (bicyclic) bond motifs is 1. The quantitative estimate of drug-likeness (QED) is 0.811. The van der Waals surface area contributed by atoms with Gasteiger partial charge >= 0.3 is 5.97 Å². The first-order chi connectivity index (χ1) is 7.59. The van der Waals surface area contributed by atoms with Crippen molar-refractivity contribution < 1.29 is 15.0 Å². The predicted octanol–water partition coefficient (Wildman–Crippen LogP) is 1.08. The fourth-order valence-corrected chi connectivity index (χ4v) is 1.78. The molecular formula is C11H12N2O3. The van der Waals surface area contributed by atoms with Gasteiger partial charge < -0.3 is 14.8 Å². The Morgan fingerprint density at radius 2 is 2.38 bits per heavy atom. The van der Waals surface area contributed by atoms with Crippen molar-refractivity contribution in [1.82, 2.24) is 9.55 Å². The van der Waals surface area contributed by atoms with Gasteiger partial charge in [0.15, 0.2) is 0 Å². The summed E-state index contributed by atoms with van der Waals surface area (Å²) in [6, 6.07) is 3.59. The van der Waals surface area contributed by atoms with Crippen molar-refractivity contribution in [2.75, 3.05) is 0 Å². The summed E-state index contributed by atoms with van der Waals surface area (Å²) in [6.45, 7) is 0. The Kier molecular flexibility index (Phi) is 2.62. The monoisotopic (exact) mass is 220 g/mol. The van der Waals surface area contributed by atoms with Gasteiger partial charge in [0.1, 0.15) is 5.65 Å². The summed E-state index contributed by atoms with van der Waals surface area (Å²) in [4.78, 5) is 14.7. The van der Waals surface area contributed by atoms with Crippen LogP contribution in [0.15, 0.2) is 24.5 Å². The van der Waals surface area contributed by atoms with Crippen LogP contribution in [-0.2, 0) is 11.8 Å². The zero-order valence-electron chi connectivity index (χ0n) is 8.79. The number of aromatic nitrogens is 2. The standard InChI is InChI=1S/C11H12N2O3/c1-13-6-8(9(14)5-10(15)16)7-3-2-4-12-11(7)13/h2-4,6,9,14H,5H2,1H3,(H,15,16)/t9-/m1/s1. The molecule has 0 aromatic carbocycles.